The largest absolute Gasteiger partial charge is 0.493 e. The van der Waals surface area contributed by atoms with Gasteiger partial charge in [-0.05, 0) is 23.3 Å². The molecule has 0 unspecified atom stereocenters. The van der Waals surface area contributed by atoms with Gasteiger partial charge in [-0.25, -0.2) is 0 Å². The zero-order chi connectivity index (χ0) is 15.8. The van der Waals surface area contributed by atoms with Crippen molar-refractivity contribution in [2.75, 3.05) is 13.7 Å². The Morgan fingerprint density at radius 1 is 1.14 bits per heavy atom. The molecule has 0 amide bonds. The van der Waals surface area contributed by atoms with Crippen molar-refractivity contribution in [1.29, 1.82) is 0 Å². The van der Waals surface area contributed by atoms with Gasteiger partial charge in [0, 0.05) is 13.1 Å². The number of hydrogen-bond acceptors (Lipinski definition) is 3. The van der Waals surface area contributed by atoms with Gasteiger partial charge in [0.1, 0.15) is 6.61 Å². The van der Waals surface area contributed by atoms with Crippen LogP contribution in [-0.4, -0.2) is 13.7 Å². The van der Waals surface area contributed by atoms with E-state index in [1.54, 1.807) is 13.2 Å². The molecule has 0 aromatic heterocycles. The summed E-state index contributed by atoms with van der Waals surface area (Å²) in [6, 6.07) is 14.1. The molecule has 3 nitrogen and oxygen atoms in total. The summed E-state index contributed by atoms with van der Waals surface area (Å²) in [4.78, 5) is 0. The molecular weight excluding hydrogens is 298 g/mol. The van der Waals surface area contributed by atoms with Crippen LogP contribution in [0.3, 0.4) is 0 Å². The second kappa shape index (κ2) is 8.47. The number of benzene rings is 2. The molecule has 0 atom stereocenters. The van der Waals surface area contributed by atoms with Crippen molar-refractivity contribution >= 4 is 11.6 Å². The average Bonchev–Trinajstić information content (AvgIpc) is 2.54. The zero-order valence-corrected chi connectivity index (χ0v) is 13.4. The highest BCUT2D eigenvalue weighted by Crippen LogP contribution is 2.36. The fourth-order valence-electron chi connectivity index (χ4n) is 2.10. The standard InChI is InChI=1S/C18H20ClNO2/c1-3-9-22-18-16(19)10-15(11-17(18)21-2)13-20-12-14-7-5-4-6-8-14/h3-8,10-11,20H,1,9,12-13H2,2H3. The molecule has 0 saturated carbocycles. The van der Waals surface area contributed by atoms with Gasteiger partial charge < -0.3 is 14.8 Å². The Morgan fingerprint density at radius 2 is 1.86 bits per heavy atom. The van der Waals surface area contributed by atoms with E-state index >= 15 is 0 Å². The fourth-order valence-corrected chi connectivity index (χ4v) is 2.39. The van der Waals surface area contributed by atoms with Crippen molar-refractivity contribution in [3.63, 3.8) is 0 Å². The van der Waals surface area contributed by atoms with Gasteiger partial charge in [0.15, 0.2) is 11.5 Å². The van der Waals surface area contributed by atoms with E-state index in [2.05, 4.69) is 24.0 Å². The molecule has 0 aliphatic carbocycles. The van der Waals surface area contributed by atoms with Crippen molar-refractivity contribution in [2.45, 2.75) is 13.1 Å². The van der Waals surface area contributed by atoms with E-state index in [1.807, 2.05) is 30.3 Å². The average molecular weight is 318 g/mol. The molecule has 2 rings (SSSR count). The van der Waals surface area contributed by atoms with Crippen LogP contribution in [0.25, 0.3) is 0 Å². The first kappa shape index (κ1) is 16.4. The summed E-state index contributed by atoms with van der Waals surface area (Å²) < 4.78 is 10.9. The van der Waals surface area contributed by atoms with Crippen LogP contribution < -0.4 is 14.8 Å². The minimum Gasteiger partial charge on any atom is -0.493 e. The van der Waals surface area contributed by atoms with Crippen LogP contribution in [0.15, 0.2) is 55.1 Å². The van der Waals surface area contributed by atoms with E-state index < -0.39 is 0 Å². The lowest BCUT2D eigenvalue weighted by molar-refractivity contribution is 0.326. The molecular formula is C18H20ClNO2. The molecule has 2 aromatic rings. The van der Waals surface area contributed by atoms with Gasteiger partial charge in [-0.15, -0.1) is 0 Å². The van der Waals surface area contributed by atoms with Gasteiger partial charge in [-0.3, -0.25) is 0 Å². The smallest absolute Gasteiger partial charge is 0.180 e. The molecule has 0 aliphatic heterocycles. The topological polar surface area (TPSA) is 30.5 Å². The fraction of sp³-hybridized carbons (Fsp3) is 0.222. The second-order valence-corrected chi connectivity index (χ2v) is 5.21. The van der Waals surface area contributed by atoms with E-state index in [0.717, 1.165) is 12.1 Å². The molecule has 0 fully saturated rings. The van der Waals surface area contributed by atoms with Crippen molar-refractivity contribution in [1.82, 2.24) is 5.32 Å². The van der Waals surface area contributed by atoms with Gasteiger partial charge in [0.25, 0.3) is 0 Å². The lowest BCUT2D eigenvalue weighted by Crippen LogP contribution is -2.12. The Bertz CT molecular complexity index is 614. The summed E-state index contributed by atoms with van der Waals surface area (Å²) in [7, 11) is 1.60. The number of rotatable bonds is 8. The molecule has 0 heterocycles. The lowest BCUT2D eigenvalue weighted by Gasteiger charge is -2.13. The van der Waals surface area contributed by atoms with Crippen molar-refractivity contribution < 1.29 is 9.47 Å². The Hall–Kier alpha value is -1.97. The van der Waals surface area contributed by atoms with Crippen molar-refractivity contribution in [2.24, 2.45) is 0 Å². The van der Waals surface area contributed by atoms with Crippen LogP contribution in [0.2, 0.25) is 5.02 Å². The van der Waals surface area contributed by atoms with E-state index in [0.29, 0.717) is 29.7 Å². The summed E-state index contributed by atoms with van der Waals surface area (Å²) in [6.45, 7) is 5.52. The predicted molar refractivity (Wildman–Crippen MR) is 90.7 cm³/mol. The van der Waals surface area contributed by atoms with Gasteiger partial charge in [-0.1, -0.05) is 54.6 Å². The number of methoxy groups -OCH3 is 1. The number of hydrogen-bond donors (Lipinski definition) is 1. The SMILES string of the molecule is C=CCOc1c(Cl)cc(CNCc2ccccc2)cc1OC. The number of ether oxygens (including phenoxy) is 2. The van der Waals surface area contributed by atoms with Gasteiger partial charge >= 0.3 is 0 Å². The molecule has 2 aromatic carbocycles. The van der Waals surface area contributed by atoms with Crippen LogP contribution in [0.1, 0.15) is 11.1 Å². The first-order chi connectivity index (χ1) is 10.7. The van der Waals surface area contributed by atoms with Crippen molar-refractivity contribution in [3.8, 4) is 11.5 Å². The third-order valence-corrected chi connectivity index (χ3v) is 3.42. The lowest BCUT2D eigenvalue weighted by atomic mass is 10.2. The molecule has 22 heavy (non-hydrogen) atoms. The van der Waals surface area contributed by atoms with Crippen LogP contribution in [0, 0.1) is 0 Å². The maximum absolute atomic E-state index is 6.28. The van der Waals surface area contributed by atoms with Crippen LogP contribution >= 0.6 is 11.6 Å². The predicted octanol–water partition coefficient (Wildman–Crippen LogP) is 4.20. The highest BCUT2D eigenvalue weighted by atomic mass is 35.5. The molecule has 0 spiro atoms. The van der Waals surface area contributed by atoms with Gasteiger partial charge in [-0.2, -0.15) is 0 Å². The van der Waals surface area contributed by atoms with E-state index in [-0.39, 0.29) is 0 Å². The number of nitrogens with one attached hydrogen (secondary N) is 1. The summed E-state index contributed by atoms with van der Waals surface area (Å²) in [5.74, 6) is 1.18. The quantitative estimate of drug-likeness (QED) is 0.740. The molecule has 116 valence electrons. The van der Waals surface area contributed by atoms with Crippen LogP contribution in [0.4, 0.5) is 0 Å². The number of halogens is 1. The third-order valence-electron chi connectivity index (χ3n) is 3.14. The molecule has 0 saturated heterocycles. The van der Waals surface area contributed by atoms with Gasteiger partial charge in [0.2, 0.25) is 0 Å². The minimum atomic E-state index is 0.391. The van der Waals surface area contributed by atoms with E-state index in [4.69, 9.17) is 21.1 Å². The summed E-state index contributed by atoms with van der Waals surface area (Å²) in [5, 5.41) is 3.93. The molecule has 1 N–H and O–H groups in total. The Morgan fingerprint density at radius 3 is 2.55 bits per heavy atom. The molecule has 0 aliphatic rings. The zero-order valence-electron chi connectivity index (χ0n) is 12.6. The van der Waals surface area contributed by atoms with E-state index in [1.165, 1.54) is 5.56 Å². The van der Waals surface area contributed by atoms with Crippen molar-refractivity contribution in [3.05, 3.63) is 71.3 Å². The monoisotopic (exact) mass is 317 g/mol. The summed E-state index contributed by atoms with van der Waals surface area (Å²) in [6.07, 6.45) is 1.67. The van der Waals surface area contributed by atoms with E-state index in [9.17, 15) is 0 Å². The highest BCUT2D eigenvalue weighted by Gasteiger charge is 2.11. The molecule has 4 heteroatoms. The molecule has 0 bridgehead atoms. The first-order valence-electron chi connectivity index (χ1n) is 7.09. The Kier molecular flexibility index (Phi) is 6.31. The summed E-state index contributed by atoms with van der Waals surface area (Å²) in [5.41, 5.74) is 2.29. The normalized spacial score (nSPS) is 10.3. The maximum Gasteiger partial charge on any atom is 0.180 e. The second-order valence-electron chi connectivity index (χ2n) is 4.80. The third kappa shape index (κ3) is 4.52. The highest BCUT2D eigenvalue weighted by molar-refractivity contribution is 6.32. The summed E-state index contributed by atoms with van der Waals surface area (Å²) >= 11 is 6.28. The Balaban J connectivity index is 2.02. The van der Waals surface area contributed by atoms with Crippen LogP contribution in [0.5, 0.6) is 11.5 Å². The first-order valence-corrected chi connectivity index (χ1v) is 7.47. The van der Waals surface area contributed by atoms with Crippen LogP contribution in [-0.2, 0) is 13.1 Å². The maximum atomic E-state index is 6.28. The Labute approximate surface area is 136 Å². The molecule has 0 radical (unpaired) electrons. The van der Waals surface area contributed by atoms with Gasteiger partial charge in [0.05, 0.1) is 12.1 Å². The minimum absolute atomic E-state index is 0.391.